The molecule has 528 valence electrons. The fourth-order valence-corrected chi connectivity index (χ4v) is 16.2. The van der Waals surface area contributed by atoms with E-state index in [0.29, 0.717) is 34.7 Å². The molecule has 0 aliphatic carbocycles. The molecule has 6 nitrogen and oxygen atoms in total. The Bertz CT molecular complexity index is 2430. The van der Waals surface area contributed by atoms with Crippen molar-refractivity contribution < 1.29 is 25.9 Å². The summed E-state index contributed by atoms with van der Waals surface area (Å²) in [6.45, 7) is 9.10. The molecule has 0 spiro atoms. The number of hydrogen-bond donors (Lipinski definition) is 0. The number of unbranched alkanes of at least 4 members (excludes halogenated alkanes) is 52. The first kappa shape index (κ1) is 87.9. The van der Waals surface area contributed by atoms with Gasteiger partial charge in [0, 0.05) is 0 Å². The summed E-state index contributed by atoms with van der Waals surface area (Å²) in [5.74, 6) is 0. The molecule has 4 aromatic carbocycles. The molecular weight excluding hydrogens is 1310 g/mol. The topological polar surface area (TPSA) is 114 Å². The molecule has 0 heterocycles. The van der Waals surface area contributed by atoms with Crippen LogP contribution in [-0.4, -0.2) is 74.8 Å². The van der Waals surface area contributed by atoms with Crippen molar-refractivity contribution in [2.45, 2.75) is 423 Å². The molecule has 4 aromatic rings. The van der Waals surface area contributed by atoms with Crippen LogP contribution in [0.4, 0.5) is 0 Å². The van der Waals surface area contributed by atoms with Crippen molar-refractivity contribution in [2.24, 2.45) is 0 Å². The van der Waals surface area contributed by atoms with Gasteiger partial charge in [0.2, 0.25) is 0 Å². The summed E-state index contributed by atoms with van der Waals surface area (Å²) in [6, 6.07) is 19.8. The smallest absolute Gasteiger partial charge is 0.744 e. The number of rotatable bonds is 62. The predicted octanol–water partition coefficient (Wildman–Crippen LogP) is 27.2. The average molecular weight is 1450 g/mol. The monoisotopic (exact) mass is 1450 g/mol. The maximum absolute atomic E-state index is 12.5. The van der Waals surface area contributed by atoms with Gasteiger partial charge in [0.15, 0.2) is 0 Å². The molecule has 0 bridgehead atoms. The van der Waals surface area contributed by atoms with Crippen molar-refractivity contribution in [1.29, 1.82) is 0 Å². The molecule has 0 amide bonds. The third kappa shape index (κ3) is 43.2. The van der Waals surface area contributed by atoms with Gasteiger partial charge in [0.25, 0.3) is 0 Å². The molecule has 0 saturated carbocycles. The normalized spacial score (nSPS) is 11.8. The quantitative estimate of drug-likeness (QED) is 0.0247. The van der Waals surface area contributed by atoms with E-state index in [1.165, 1.54) is 332 Å². The SMILES string of the molecule is CCCCCCCCCCCCCCCCc1ccc2c(CCCCCCCCCCCCCCCC)cccc2c1S(=O)(=O)[O-].CCCCCCCCCCCCCCCCc1ccc2c(CCCCCCCCCCCCCCCC)cccc2c1S(=O)(=O)[O-].[Ba+2]. The second kappa shape index (κ2) is 59.6. The summed E-state index contributed by atoms with van der Waals surface area (Å²) >= 11 is 0. The fourth-order valence-electron chi connectivity index (χ4n) is 14.3. The summed E-state index contributed by atoms with van der Waals surface area (Å²) in [5.41, 5.74) is 3.75. The molecular formula is C84H142BaO6S2. The molecule has 0 saturated heterocycles. The molecule has 0 N–H and O–H groups in total. The molecule has 0 atom stereocenters. The van der Waals surface area contributed by atoms with Crippen LogP contribution in [-0.2, 0) is 45.9 Å². The van der Waals surface area contributed by atoms with Gasteiger partial charge < -0.3 is 9.11 Å². The van der Waals surface area contributed by atoms with Crippen molar-refractivity contribution in [2.75, 3.05) is 0 Å². The Labute approximate surface area is 616 Å². The van der Waals surface area contributed by atoms with Gasteiger partial charge in [0.05, 0.1) is 9.79 Å². The van der Waals surface area contributed by atoms with Crippen LogP contribution in [0.15, 0.2) is 70.5 Å². The molecule has 0 aliphatic rings. The number of aryl methyl sites for hydroxylation is 4. The Morgan fingerprint density at radius 3 is 0.570 bits per heavy atom. The summed E-state index contributed by atoms with van der Waals surface area (Å²) in [7, 11) is -9.09. The molecule has 0 aromatic heterocycles. The van der Waals surface area contributed by atoms with E-state index in [-0.39, 0.29) is 58.7 Å². The Balaban J connectivity index is 0.000000627. The largest absolute Gasteiger partial charge is 2.00 e. The van der Waals surface area contributed by atoms with E-state index in [1.54, 1.807) is 0 Å². The van der Waals surface area contributed by atoms with Gasteiger partial charge in [-0.25, -0.2) is 16.8 Å². The molecule has 0 unspecified atom stereocenters. The first-order valence-corrected chi connectivity index (χ1v) is 42.8. The van der Waals surface area contributed by atoms with Crippen LogP contribution in [0.2, 0.25) is 0 Å². The molecule has 4 rings (SSSR count). The number of hydrogen-bond acceptors (Lipinski definition) is 6. The summed E-state index contributed by atoms with van der Waals surface area (Å²) in [6.07, 6.45) is 77.0. The maximum Gasteiger partial charge on any atom is 2.00 e. The maximum atomic E-state index is 12.5. The fraction of sp³-hybridized carbons (Fsp3) is 0.762. The van der Waals surface area contributed by atoms with E-state index in [1.807, 2.05) is 36.4 Å². The third-order valence-electron chi connectivity index (χ3n) is 20.1. The van der Waals surface area contributed by atoms with Crippen LogP contribution in [0.5, 0.6) is 0 Å². The Morgan fingerprint density at radius 1 is 0.215 bits per heavy atom. The minimum atomic E-state index is -4.55. The molecule has 0 aliphatic heterocycles. The summed E-state index contributed by atoms with van der Waals surface area (Å²) in [4.78, 5) is 0.0602. The number of benzene rings is 4. The zero-order chi connectivity index (χ0) is 66.3. The minimum Gasteiger partial charge on any atom is -0.744 e. The van der Waals surface area contributed by atoms with Crippen molar-refractivity contribution in [3.8, 4) is 0 Å². The second-order valence-corrected chi connectivity index (χ2v) is 31.1. The zero-order valence-electron chi connectivity index (χ0n) is 61.2. The van der Waals surface area contributed by atoms with E-state index >= 15 is 0 Å². The van der Waals surface area contributed by atoms with Crippen molar-refractivity contribution >= 4 is 90.7 Å². The van der Waals surface area contributed by atoms with Gasteiger partial charge >= 0.3 is 48.9 Å². The van der Waals surface area contributed by atoms with E-state index in [2.05, 4.69) is 52.0 Å². The van der Waals surface area contributed by atoms with Gasteiger partial charge in [-0.2, -0.15) is 0 Å². The van der Waals surface area contributed by atoms with Crippen molar-refractivity contribution in [3.05, 3.63) is 82.9 Å². The Hall–Kier alpha value is -1.21. The first-order chi connectivity index (χ1) is 45.0. The van der Waals surface area contributed by atoms with Crippen LogP contribution in [0, 0.1) is 0 Å². The number of fused-ring (bicyclic) bond motifs is 2. The van der Waals surface area contributed by atoms with Gasteiger partial charge in [0.1, 0.15) is 20.2 Å². The van der Waals surface area contributed by atoms with E-state index in [4.69, 9.17) is 0 Å². The zero-order valence-corrected chi connectivity index (χ0v) is 67.2. The van der Waals surface area contributed by atoms with Crippen molar-refractivity contribution in [3.63, 3.8) is 0 Å². The summed E-state index contributed by atoms with van der Waals surface area (Å²) < 4.78 is 74.8. The predicted molar refractivity (Wildman–Crippen MR) is 406 cm³/mol. The van der Waals surface area contributed by atoms with Crippen LogP contribution in [0.3, 0.4) is 0 Å². The van der Waals surface area contributed by atoms with Crippen molar-refractivity contribution in [1.82, 2.24) is 0 Å². The van der Waals surface area contributed by atoms with Crippen LogP contribution < -0.4 is 0 Å². The van der Waals surface area contributed by atoms with Gasteiger partial charge in [-0.15, -0.1) is 0 Å². The van der Waals surface area contributed by atoms with Gasteiger partial charge in [-0.3, -0.25) is 0 Å². The van der Waals surface area contributed by atoms with Gasteiger partial charge in [-0.05, 0) is 95.2 Å². The minimum absolute atomic E-state index is 0. The standard InChI is InChI=1S/2C42H72O3S.Ba/c2*1-3-5-7-9-11-13-15-17-19-21-23-25-27-29-32-38-34-31-35-41-40(38)37-36-39(42(41)46(43,44)45)33-30-28-26-24-22-20-18-16-14-12-10-8-6-4-2;/h2*31,34-37H,3-30,32-33H2,1-2H3,(H,43,44,45);/q;;+2/p-2. The van der Waals surface area contributed by atoms with E-state index in [9.17, 15) is 25.9 Å². The molecule has 93 heavy (non-hydrogen) atoms. The van der Waals surface area contributed by atoms with E-state index < -0.39 is 20.2 Å². The molecule has 9 heteroatoms. The summed E-state index contributed by atoms with van der Waals surface area (Å²) in [5, 5.41) is 3.13. The molecule has 0 fully saturated rings. The van der Waals surface area contributed by atoms with Crippen LogP contribution in [0.1, 0.15) is 410 Å². The average Bonchev–Trinajstić information content (AvgIpc) is 0.789. The van der Waals surface area contributed by atoms with E-state index in [0.717, 1.165) is 62.1 Å². The third-order valence-corrected chi connectivity index (χ3v) is 22.0. The van der Waals surface area contributed by atoms with Gasteiger partial charge in [-0.1, -0.05) is 422 Å². The first-order valence-electron chi connectivity index (χ1n) is 40.0. The van der Waals surface area contributed by atoms with Crippen LogP contribution >= 0.6 is 0 Å². The molecule has 0 radical (unpaired) electrons. The van der Waals surface area contributed by atoms with Crippen LogP contribution in [0.25, 0.3) is 21.5 Å². The Morgan fingerprint density at radius 2 is 0.387 bits per heavy atom. The Kier molecular flexibility index (Phi) is 56.4. The second-order valence-electron chi connectivity index (χ2n) is 28.4.